The molecule has 1 unspecified atom stereocenters. The number of benzene rings is 1. The van der Waals surface area contributed by atoms with Crippen LogP contribution >= 0.6 is 0 Å². The molecule has 0 aliphatic heterocycles. The largest absolute Gasteiger partial charge is 0.491 e. The van der Waals surface area contributed by atoms with Crippen molar-refractivity contribution in [3.63, 3.8) is 0 Å². The van der Waals surface area contributed by atoms with E-state index in [-0.39, 0.29) is 24.7 Å². The molecule has 22 heavy (non-hydrogen) atoms. The zero-order valence-electron chi connectivity index (χ0n) is 12.2. The van der Waals surface area contributed by atoms with Crippen LogP contribution in [0.3, 0.4) is 0 Å². The topological polar surface area (TPSA) is 90.4 Å². The first-order valence-corrected chi connectivity index (χ1v) is 6.63. The van der Waals surface area contributed by atoms with Gasteiger partial charge in [-0.15, -0.1) is 0 Å². The van der Waals surface area contributed by atoms with Gasteiger partial charge in [0.15, 0.2) is 0 Å². The van der Waals surface area contributed by atoms with Crippen molar-refractivity contribution in [1.29, 1.82) is 0 Å². The van der Waals surface area contributed by atoms with Gasteiger partial charge in [0.1, 0.15) is 35.7 Å². The van der Waals surface area contributed by atoms with Crippen LogP contribution in [0.1, 0.15) is 11.4 Å². The Balaban J connectivity index is 1.97. The monoisotopic (exact) mass is 309 g/mol. The van der Waals surface area contributed by atoms with Gasteiger partial charge in [0.05, 0.1) is 11.5 Å². The first-order chi connectivity index (χ1) is 10.4. The van der Waals surface area contributed by atoms with Crippen molar-refractivity contribution in [2.24, 2.45) is 0 Å². The zero-order valence-corrected chi connectivity index (χ0v) is 12.2. The summed E-state index contributed by atoms with van der Waals surface area (Å²) in [6.45, 7) is 3.16. The van der Waals surface area contributed by atoms with Crippen LogP contribution in [0.4, 0.5) is 10.1 Å². The quantitative estimate of drug-likeness (QED) is 0.651. The van der Waals surface area contributed by atoms with Gasteiger partial charge >= 0.3 is 5.69 Å². The smallest absolute Gasteiger partial charge is 0.312 e. The summed E-state index contributed by atoms with van der Waals surface area (Å²) in [6, 6.07) is 5.42. The SMILES string of the molecule is Cc1nn(CC(O)COc2ccc(F)cc2)c(C)c1[N+](=O)[O-]. The second-order valence-electron chi connectivity index (χ2n) is 4.88. The lowest BCUT2D eigenvalue weighted by Crippen LogP contribution is -2.24. The van der Waals surface area contributed by atoms with Crippen molar-refractivity contribution >= 4 is 5.69 Å². The molecule has 0 fully saturated rings. The van der Waals surface area contributed by atoms with Crippen molar-refractivity contribution in [1.82, 2.24) is 9.78 Å². The van der Waals surface area contributed by atoms with Crippen LogP contribution in [0.5, 0.6) is 5.75 Å². The van der Waals surface area contributed by atoms with Crippen LogP contribution in [0.25, 0.3) is 0 Å². The molecule has 1 N–H and O–H groups in total. The molecule has 0 radical (unpaired) electrons. The van der Waals surface area contributed by atoms with Crippen LogP contribution < -0.4 is 4.74 Å². The molecule has 0 aliphatic rings. The Morgan fingerprint density at radius 3 is 2.59 bits per heavy atom. The maximum atomic E-state index is 12.8. The Morgan fingerprint density at radius 2 is 2.05 bits per heavy atom. The minimum atomic E-state index is -0.900. The van der Waals surface area contributed by atoms with E-state index in [0.29, 0.717) is 17.1 Å². The van der Waals surface area contributed by atoms with Crippen LogP contribution in [0.15, 0.2) is 24.3 Å². The molecule has 0 bridgehead atoms. The van der Waals surface area contributed by atoms with E-state index in [2.05, 4.69) is 5.10 Å². The van der Waals surface area contributed by atoms with Gasteiger partial charge in [-0.25, -0.2) is 4.39 Å². The number of halogens is 1. The van der Waals surface area contributed by atoms with Crippen molar-refractivity contribution in [3.8, 4) is 5.75 Å². The van der Waals surface area contributed by atoms with Crippen LogP contribution in [-0.4, -0.2) is 32.5 Å². The summed E-state index contributed by atoms with van der Waals surface area (Å²) in [6.07, 6.45) is -0.900. The Hall–Kier alpha value is -2.48. The van der Waals surface area contributed by atoms with Gasteiger partial charge in [-0.2, -0.15) is 5.10 Å². The molecule has 2 aromatic rings. The molecule has 118 valence electrons. The number of aliphatic hydroxyl groups excluding tert-OH is 1. The molecular weight excluding hydrogens is 293 g/mol. The van der Waals surface area contributed by atoms with Crippen LogP contribution in [0, 0.1) is 29.8 Å². The van der Waals surface area contributed by atoms with E-state index in [0.717, 1.165) is 0 Å². The fraction of sp³-hybridized carbons (Fsp3) is 0.357. The first-order valence-electron chi connectivity index (χ1n) is 6.63. The number of aliphatic hydroxyl groups is 1. The van der Waals surface area contributed by atoms with E-state index in [9.17, 15) is 19.6 Å². The molecular formula is C14H16FN3O4. The van der Waals surface area contributed by atoms with E-state index >= 15 is 0 Å². The number of hydrogen-bond acceptors (Lipinski definition) is 5. The number of nitrogens with zero attached hydrogens (tertiary/aromatic N) is 3. The first kappa shape index (κ1) is 15.9. The summed E-state index contributed by atoms with van der Waals surface area (Å²) in [5.41, 5.74) is 0.629. The van der Waals surface area contributed by atoms with E-state index in [1.54, 1.807) is 13.8 Å². The lowest BCUT2D eigenvalue weighted by molar-refractivity contribution is -0.386. The predicted octanol–water partition coefficient (Wildman–Crippen LogP) is 1.99. The third-order valence-electron chi connectivity index (χ3n) is 3.17. The molecule has 1 aromatic carbocycles. The second-order valence-corrected chi connectivity index (χ2v) is 4.88. The highest BCUT2D eigenvalue weighted by atomic mass is 19.1. The zero-order chi connectivity index (χ0) is 16.3. The lowest BCUT2D eigenvalue weighted by Gasteiger charge is -2.13. The molecule has 0 amide bonds. The fourth-order valence-corrected chi connectivity index (χ4v) is 2.11. The summed E-state index contributed by atoms with van der Waals surface area (Å²) in [5.74, 6) is 0.0580. The van der Waals surface area contributed by atoms with Gasteiger partial charge in [0.25, 0.3) is 0 Å². The maximum absolute atomic E-state index is 12.8. The average molecular weight is 309 g/mol. The predicted molar refractivity (Wildman–Crippen MR) is 76.3 cm³/mol. The summed E-state index contributed by atoms with van der Waals surface area (Å²) < 4.78 is 19.5. The van der Waals surface area contributed by atoms with Crippen molar-refractivity contribution in [3.05, 3.63) is 51.6 Å². The molecule has 0 saturated heterocycles. The minimum absolute atomic E-state index is 0.0300. The van der Waals surface area contributed by atoms with Gasteiger partial charge in [-0.3, -0.25) is 14.8 Å². The Kier molecular flexibility index (Phi) is 4.71. The molecule has 1 atom stereocenters. The highest BCUT2D eigenvalue weighted by Crippen LogP contribution is 2.22. The van der Waals surface area contributed by atoms with Gasteiger partial charge in [-0.1, -0.05) is 0 Å². The number of aromatic nitrogens is 2. The average Bonchev–Trinajstić information content (AvgIpc) is 2.72. The summed E-state index contributed by atoms with van der Waals surface area (Å²) in [4.78, 5) is 10.4. The van der Waals surface area contributed by atoms with Gasteiger partial charge in [0, 0.05) is 0 Å². The molecule has 2 rings (SSSR count). The third-order valence-corrected chi connectivity index (χ3v) is 3.17. The number of hydrogen-bond donors (Lipinski definition) is 1. The van der Waals surface area contributed by atoms with Crippen LogP contribution in [0.2, 0.25) is 0 Å². The van der Waals surface area contributed by atoms with Gasteiger partial charge < -0.3 is 9.84 Å². The lowest BCUT2D eigenvalue weighted by atomic mass is 10.3. The van der Waals surface area contributed by atoms with Gasteiger partial charge in [-0.05, 0) is 38.1 Å². The standard InChI is InChI=1S/C14H16FN3O4/c1-9-14(18(20)21)10(2)17(16-9)7-12(19)8-22-13-5-3-11(15)4-6-13/h3-6,12,19H,7-8H2,1-2H3. The number of ether oxygens (including phenoxy) is 1. The Bertz CT molecular complexity index is 669. The van der Waals surface area contributed by atoms with Gasteiger partial charge in [0.2, 0.25) is 0 Å². The molecule has 1 aromatic heterocycles. The maximum Gasteiger partial charge on any atom is 0.312 e. The Labute approximate surface area is 126 Å². The third kappa shape index (κ3) is 3.59. The molecule has 0 saturated carbocycles. The molecule has 0 aliphatic carbocycles. The summed E-state index contributed by atoms with van der Waals surface area (Å²) in [5, 5.41) is 24.9. The normalized spacial score (nSPS) is 12.2. The summed E-state index contributed by atoms with van der Waals surface area (Å²) in [7, 11) is 0. The highest BCUT2D eigenvalue weighted by Gasteiger charge is 2.22. The van der Waals surface area contributed by atoms with E-state index in [1.807, 2.05) is 0 Å². The van der Waals surface area contributed by atoms with Crippen molar-refractivity contribution in [2.45, 2.75) is 26.5 Å². The number of aryl methyl sites for hydroxylation is 1. The van der Waals surface area contributed by atoms with Crippen LogP contribution in [-0.2, 0) is 6.54 Å². The summed E-state index contributed by atoms with van der Waals surface area (Å²) >= 11 is 0. The second kappa shape index (κ2) is 6.52. The molecule has 7 nitrogen and oxygen atoms in total. The minimum Gasteiger partial charge on any atom is -0.491 e. The molecule has 1 heterocycles. The van der Waals surface area contributed by atoms with E-state index in [4.69, 9.17) is 4.74 Å². The number of rotatable bonds is 6. The van der Waals surface area contributed by atoms with Crippen molar-refractivity contribution < 1.29 is 19.2 Å². The molecule has 8 heteroatoms. The van der Waals surface area contributed by atoms with E-state index in [1.165, 1.54) is 28.9 Å². The van der Waals surface area contributed by atoms with Crippen molar-refractivity contribution in [2.75, 3.05) is 6.61 Å². The van der Waals surface area contributed by atoms with E-state index < -0.39 is 11.0 Å². The fourth-order valence-electron chi connectivity index (χ4n) is 2.11. The number of nitro groups is 1. The highest BCUT2D eigenvalue weighted by molar-refractivity contribution is 5.39. The Morgan fingerprint density at radius 1 is 1.41 bits per heavy atom. The molecule has 0 spiro atoms.